The molecule has 0 bridgehead atoms. The maximum Gasteiger partial charge on any atom is 0.306 e. The molecule has 0 aliphatic rings. The van der Waals surface area contributed by atoms with Crippen molar-refractivity contribution in [3.8, 4) is 0 Å². The summed E-state index contributed by atoms with van der Waals surface area (Å²) in [7, 11) is 0. The van der Waals surface area contributed by atoms with E-state index in [1.807, 2.05) is 6.08 Å². The lowest BCUT2D eigenvalue weighted by Gasteiger charge is -2.18. The van der Waals surface area contributed by atoms with E-state index < -0.39 is 6.10 Å². The molecule has 0 heterocycles. The average molecular weight is 1040 g/mol. The van der Waals surface area contributed by atoms with Crippen LogP contribution in [0.1, 0.15) is 290 Å². The second-order valence-corrected chi connectivity index (χ2v) is 20.6. The van der Waals surface area contributed by atoms with Crippen molar-refractivity contribution in [2.24, 2.45) is 0 Å². The van der Waals surface area contributed by atoms with E-state index in [9.17, 15) is 14.4 Å². The summed E-state index contributed by atoms with van der Waals surface area (Å²) < 4.78 is 16.9. The van der Waals surface area contributed by atoms with Gasteiger partial charge in [-0.2, -0.15) is 0 Å². The molecule has 0 aromatic rings. The number of rotatable bonds is 56. The maximum atomic E-state index is 12.9. The zero-order chi connectivity index (χ0) is 54.3. The highest BCUT2D eigenvalue weighted by molar-refractivity contribution is 5.71. The molecule has 0 aliphatic carbocycles. The van der Waals surface area contributed by atoms with Crippen molar-refractivity contribution in [2.45, 2.75) is 297 Å². The summed E-state index contributed by atoms with van der Waals surface area (Å²) in [6.45, 7) is 6.45. The van der Waals surface area contributed by atoms with Crippen LogP contribution < -0.4 is 0 Å². The molecule has 6 heteroatoms. The Morgan fingerprint density at radius 1 is 0.280 bits per heavy atom. The first-order valence-electron chi connectivity index (χ1n) is 31.4. The van der Waals surface area contributed by atoms with Crippen molar-refractivity contribution in [1.29, 1.82) is 0 Å². The molecular weight excluding hydrogens is 925 g/mol. The number of allylic oxidation sites excluding steroid dienone is 18. The molecule has 0 aromatic carbocycles. The Bertz CT molecular complexity index is 1520. The first-order chi connectivity index (χ1) is 37.0. The standard InChI is InChI=1S/C69H116O6/c1-4-7-10-13-16-19-22-25-28-31-34-37-40-43-46-49-52-55-58-61-67(70)73-64-66(75-69(72)63-60-57-54-51-48-45-42-39-36-33-30-27-24-21-18-15-12-9-6-3)65-74-68(71)62-59-56-53-50-47-44-41-38-35-32-29-26-23-20-17-14-11-8-5-2/h7,10,16,18-19,21,25-30,34,37,43,46,52,55,66H,4-6,8-9,11-15,17,20,22-24,31-33,35-36,38-42,44-45,47-51,53-54,56-65H2,1-3H3/b10-7-,19-16-,21-18-,28-25-,29-26-,30-27-,37-34-,46-43-,55-52-/t66-/m1/s1. The Hall–Kier alpha value is -3.93. The minimum atomic E-state index is -0.815. The molecule has 0 unspecified atom stereocenters. The molecule has 0 rings (SSSR count). The first kappa shape index (κ1) is 71.1. The highest BCUT2D eigenvalue weighted by Crippen LogP contribution is 2.15. The fraction of sp³-hybridized carbons (Fsp3) is 0.696. The minimum Gasteiger partial charge on any atom is -0.462 e. The van der Waals surface area contributed by atoms with Crippen molar-refractivity contribution in [3.05, 3.63) is 109 Å². The van der Waals surface area contributed by atoms with Crippen molar-refractivity contribution in [2.75, 3.05) is 13.2 Å². The summed E-state index contributed by atoms with van der Waals surface area (Å²) in [5.74, 6) is -0.992. The van der Waals surface area contributed by atoms with Gasteiger partial charge in [-0.05, 0) is 116 Å². The molecular formula is C69H116O6. The van der Waals surface area contributed by atoms with Crippen molar-refractivity contribution >= 4 is 17.9 Å². The van der Waals surface area contributed by atoms with E-state index in [2.05, 4.69) is 124 Å². The van der Waals surface area contributed by atoms with Crippen LogP contribution in [0.3, 0.4) is 0 Å². The van der Waals surface area contributed by atoms with Crippen LogP contribution in [0.5, 0.6) is 0 Å². The molecule has 1 atom stereocenters. The van der Waals surface area contributed by atoms with Gasteiger partial charge in [0.05, 0.1) is 0 Å². The van der Waals surface area contributed by atoms with Gasteiger partial charge in [0.15, 0.2) is 6.10 Å². The van der Waals surface area contributed by atoms with Crippen LogP contribution in [0.15, 0.2) is 109 Å². The van der Waals surface area contributed by atoms with Gasteiger partial charge in [-0.25, -0.2) is 0 Å². The molecule has 0 saturated carbocycles. The molecule has 6 nitrogen and oxygen atoms in total. The lowest BCUT2D eigenvalue weighted by atomic mass is 10.1. The van der Waals surface area contributed by atoms with Gasteiger partial charge in [-0.3, -0.25) is 14.4 Å². The van der Waals surface area contributed by atoms with E-state index in [0.29, 0.717) is 19.3 Å². The number of carbonyl (C=O) groups is 3. The summed E-state index contributed by atoms with van der Waals surface area (Å²) in [4.78, 5) is 38.3. The quantitative estimate of drug-likeness (QED) is 0.0261. The number of unbranched alkanes of at least 4 members (excludes halogenated alkanes) is 27. The van der Waals surface area contributed by atoms with Gasteiger partial charge < -0.3 is 14.2 Å². The third-order valence-electron chi connectivity index (χ3n) is 13.2. The van der Waals surface area contributed by atoms with E-state index in [-0.39, 0.29) is 37.5 Å². The van der Waals surface area contributed by atoms with Gasteiger partial charge in [-0.15, -0.1) is 0 Å². The molecule has 0 aromatic heterocycles. The van der Waals surface area contributed by atoms with Crippen LogP contribution in [-0.2, 0) is 28.6 Å². The molecule has 428 valence electrons. The second kappa shape index (κ2) is 62.6. The zero-order valence-corrected chi connectivity index (χ0v) is 49.0. The van der Waals surface area contributed by atoms with E-state index in [1.165, 1.54) is 161 Å². The molecule has 0 aliphatic heterocycles. The fourth-order valence-corrected chi connectivity index (χ4v) is 8.55. The van der Waals surface area contributed by atoms with Crippen LogP contribution in [0, 0.1) is 0 Å². The number of hydrogen-bond acceptors (Lipinski definition) is 6. The molecule has 0 N–H and O–H groups in total. The van der Waals surface area contributed by atoms with Crippen LogP contribution in [0.25, 0.3) is 0 Å². The first-order valence-corrected chi connectivity index (χ1v) is 31.4. The summed E-state index contributed by atoms with van der Waals surface area (Å²) in [5, 5.41) is 0. The highest BCUT2D eigenvalue weighted by Gasteiger charge is 2.19. The van der Waals surface area contributed by atoms with Gasteiger partial charge in [0.2, 0.25) is 0 Å². The van der Waals surface area contributed by atoms with Crippen molar-refractivity contribution in [3.63, 3.8) is 0 Å². The van der Waals surface area contributed by atoms with Gasteiger partial charge in [0.25, 0.3) is 0 Å². The van der Waals surface area contributed by atoms with Crippen LogP contribution >= 0.6 is 0 Å². The predicted octanol–water partition coefficient (Wildman–Crippen LogP) is 21.4. The molecule has 75 heavy (non-hydrogen) atoms. The fourth-order valence-electron chi connectivity index (χ4n) is 8.55. The topological polar surface area (TPSA) is 78.9 Å². The molecule has 0 spiro atoms. The highest BCUT2D eigenvalue weighted by atomic mass is 16.6. The van der Waals surface area contributed by atoms with Crippen LogP contribution in [-0.4, -0.2) is 37.2 Å². The van der Waals surface area contributed by atoms with Crippen molar-refractivity contribution < 1.29 is 28.6 Å². The molecule has 0 fully saturated rings. The Kier molecular flexibility index (Phi) is 59.3. The summed E-state index contributed by atoms with van der Waals surface area (Å²) >= 11 is 0. The Morgan fingerprint density at radius 2 is 0.547 bits per heavy atom. The SMILES string of the molecule is CC/C=C\C/C=C\C/C=C\C/C=C\C/C=C\C/C=C\CCC(=O)OC[C@H](COC(=O)CCCCCCCCCCC/C=C\CCCCCCCC)OC(=O)CCCCCCCCCCC/C=C\C/C=C\CCCCC. The van der Waals surface area contributed by atoms with E-state index in [1.54, 1.807) is 0 Å². The molecule has 0 saturated heterocycles. The number of esters is 3. The van der Waals surface area contributed by atoms with Crippen LogP contribution in [0.2, 0.25) is 0 Å². The minimum absolute atomic E-state index is 0.104. The van der Waals surface area contributed by atoms with E-state index in [0.717, 1.165) is 83.5 Å². The Labute approximate surface area is 463 Å². The largest absolute Gasteiger partial charge is 0.462 e. The monoisotopic (exact) mass is 1040 g/mol. The Balaban J connectivity index is 4.49. The summed E-state index contributed by atoms with van der Waals surface area (Å²) in [6, 6.07) is 0. The average Bonchev–Trinajstić information content (AvgIpc) is 3.41. The van der Waals surface area contributed by atoms with Crippen LogP contribution in [0.4, 0.5) is 0 Å². The number of hydrogen-bond donors (Lipinski definition) is 0. The van der Waals surface area contributed by atoms with Crippen molar-refractivity contribution in [1.82, 2.24) is 0 Å². The van der Waals surface area contributed by atoms with Gasteiger partial charge in [0.1, 0.15) is 13.2 Å². The maximum absolute atomic E-state index is 12.9. The van der Waals surface area contributed by atoms with Gasteiger partial charge in [0, 0.05) is 19.3 Å². The Morgan fingerprint density at radius 3 is 0.933 bits per heavy atom. The lowest BCUT2D eigenvalue weighted by molar-refractivity contribution is -0.166. The third-order valence-corrected chi connectivity index (χ3v) is 13.2. The van der Waals surface area contributed by atoms with E-state index in [4.69, 9.17) is 14.2 Å². The smallest absolute Gasteiger partial charge is 0.306 e. The number of ether oxygens (including phenoxy) is 3. The lowest BCUT2D eigenvalue weighted by Crippen LogP contribution is -2.30. The zero-order valence-electron chi connectivity index (χ0n) is 49.0. The van der Waals surface area contributed by atoms with Gasteiger partial charge in [-0.1, -0.05) is 265 Å². The van der Waals surface area contributed by atoms with E-state index >= 15 is 0 Å². The molecule has 0 radical (unpaired) electrons. The predicted molar refractivity (Wildman–Crippen MR) is 325 cm³/mol. The summed E-state index contributed by atoms with van der Waals surface area (Å²) in [6.07, 6.45) is 85.2. The van der Waals surface area contributed by atoms with Gasteiger partial charge >= 0.3 is 17.9 Å². The normalized spacial score (nSPS) is 12.8. The second-order valence-electron chi connectivity index (χ2n) is 20.6. The number of carbonyl (C=O) groups excluding carboxylic acids is 3. The third kappa shape index (κ3) is 60.8. The molecule has 0 amide bonds. The summed E-state index contributed by atoms with van der Waals surface area (Å²) in [5.41, 5.74) is 0.